The third kappa shape index (κ3) is 3.97. The number of aryl methyl sites for hydroxylation is 1. The SMILES string of the molecule is CCCCCc1cc2c(c3c1C(=O)OC(C)(COC)O3)C1C=C(C)CCC1C(C)(C)O2. The summed E-state index contributed by atoms with van der Waals surface area (Å²) in [6.45, 7) is 10.7. The fraction of sp³-hybridized carbons (Fsp3) is 0.654. The summed E-state index contributed by atoms with van der Waals surface area (Å²) in [6, 6.07) is 2.07. The maximum atomic E-state index is 13.3. The second-order valence-corrected chi connectivity index (χ2v) is 10.1. The van der Waals surface area contributed by atoms with Crippen molar-refractivity contribution < 1.29 is 23.7 Å². The lowest BCUT2D eigenvalue weighted by molar-refractivity contribution is -0.171. The van der Waals surface area contributed by atoms with E-state index in [1.807, 2.05) is 0 Å². The molecule has 0 fully saturated rings. The van der Waals surface area contributed by atoms with Crippen LogP contribution < -0.4 is 9.47 Å². The van der Waals surface area contributed by atoms with Gasteiger partial charge in [-0.1, -0.05) is 31.4 Å². The van der Waals surface area contributed by atoms with Gasteiger partial charge in [0.1, 0.15) is 29.3 Å². The van der Waals surface area contributed by atoms with Gasteiger partial charge in [-0.05, 0) is 58.1 Å². The Bertz CT molecular complexity index is 900. The lowest BCUT2D eigenvalue weighted by Gasteiger charge is -2.48. The molecule has 0 N–H and O–H groups in total. The van der Waals surface area contributed by atoms with Crippen molar-refractivity contribution in [3.05, 3.63) is 34.4 Å². The maximum Gasteiger partial charge on any atom is 0.345 e. The van der Waals surface area contributed by atoms with Crippen LogP contribution in [0.25, 0.3) is 0 Å². The molecule has 0 radical (unpaired) electrons. The number of esters is 1. The van der Waals surface area contributed by atoms with Crippen LogP contribution in [-0.2, 0) is 15.9 Å². The molecule has 0 bridgehead atoms. The quantitative estimate of drug-likeness (QED) is 0.319. The van der Waals surface area contributed by atoms with Gasteiger partial charge in [-0.25, -0.2) is 4.79 Å². The largest absolute Gasteiger partial charge is 0.487 e. The maximum absolute atomic E-state index is 13.3. The third-order valence-electron chi connectivity index (χ3n) is 7.00. The number of hydrogen-bond donors (Lipinski definition) is 0. The smallest absolute Gasteiger partial charge is 0.345 e. The highest BCUT2D eigenvalue weighted by Crippen LogP contribution is 2.56. The van der Waals surface area contributed by atoms with E-state index in [9.17, 15) is 4.79 Å². The van der Waals surface area contributed by atoms with Gasteiger partial charge in [0, 0.05) is 31.4 Å². The van der Waals surface area contributed by atoms with Crippen LogP contribution in [0.3, 0.4) is 0 Å². The van der Waals surface area contributed by atoms with Crippen LogP contribution in [0.5, 0.6) is 11.5 Å². The van der Waals surface area contributed by atoms with E-state index in [-0.39, 0.29) is 24.1 Å². The minimum atomic E-state index is -1.15. The van der Waals surface area contributed by atoms with Gasteiger partial charge >= 0.3 is 5.97 Å². The van der Waals surface area contributed by atoms with E-state index >= 15 is 0 Å². The van der Waals surface area contributed by atoms with E-state index < -0.39 is 5.79 Å². The predicted molar refractivity (Wildman–Crippen MR) is 120 cm³/mol. The van der Waals surface area contributed by atoms with Gasteiger partial charge in [0.25, 0.3) is 5.79 Å². The normalized spacial score (nSPS) is 28.3. The Balaban J connectivity index is 1.91. The molecule has 5 heteroatoms. The molecular formula is C26H36O5. The molecule has 1 aliphatic carbocycles. The molecule has 0 spiro atoms. The molecule has 0 saturated heterocycles. The van der Waals surface area contributed by atoms with Crippen molar-refractivity contribution in [2.24, 2.45) is 5.92 Å². The van der Waals surface area contributed by atoms with E-state index in [4.69, 9.17) is 18.9 Å². The minimum absolute atomic E-state index is 0.156. The zero-order valence-electron chi connectivity index (χ0n) is 19.8. The second-order valence-electron chi connectivity index (χ2n) is 10.1. The first kappa shape index (κ1) is 22.2. The first-order chi connectivity index (χ1) is 14.7. The fourth-order valence-corrected chi connectivity index (χ4v) is 5.49. The molecule has 0 amide bonds. The summed E-state index contributed by atoms with van der Waals surface area (Å²) in [6.07, 6.45) is 8.54. The summed E-state index contributed by atoms with van der Waals surface area (Å²) >= 11 is 0. The molecule has 1 aromatic rings. The van der Waals surface area contributed by atoms with Crippen molar-refractivity contribution in [2.75, 3.05) is 13.7 Å². The standard InChI is InChI=1S/C26H36O5/c1-7-8-9-10-17-14-20-22(18-13-16(2)11-12-19(18)25(3,4)29-20)23-21(17)24(27)31-26(5,30-23)15-28-6/h13-14,18-19H,7-12,15H2,1-6H3. The Labute approximate surface area is 186 Å². The number of hydrogen-bond acceptors (Lipinski definition) is 5. The number of fused-ring (bicyclic) bond motifs is 5. The topological polar surface area (TPSA) is 54.0 Å². The van der Waals surface area contributed by atoms with E-state index in [0.717, 1.165) is 55.4 Å². The van der Waals surface area contributed by atoms with E-state index in [0.29, 0.717) is 17.2 Å². The summed E-state index contributed by atoms with van der Waals surface area (Å²) in [7, 11) is 1.59. The van der Waals surface area contributed by atoms with Crippen molar-refractivity contribution >= 4 is 5.97 Å². The van der Waals surface area contributed by atoms with Crippen LogP contribution in [0.4, 0.5) is 0 Å². The first-order valence-corrected chi connectivity index (χ1v) is 11.7. The highest BCUT2D eigenvalue weighted by atomic mass is 16.7. The number of allylic oxidation sites excluding steroid dienone is 2. The number of cyclic esters (lactones) is 1. The van der Waals surface area contributed by atoms with Crippen LogP contribution in [0.2, 0.25) is 0 Å². The Morgan fingerprint density at radius 3 is 2.65 bits per heavy atom. The van der Waals surface area contributed by atoms with Gasteiger partial charge < -0.3 is 18.9 Å². The molecule has 3 aliphatic rings. The van der Waals surface area contributed by atoms with Crippen LogP contribution in [-0.4, -0.2) is 31.1 Å². The Morgan fingerprint density at radius 1 is 1.16 bits per heavy atom. The van der Waals surface area contributed by atoms with Crippen LogP contribution in [0, 0.1) is 5.92 Å². The molecular weight excluding hydrogens is 392 g/mol. The average Bonchev–Trinajstić information content (AvgIpc) is 2.66. The van der Waals surface area contributed by atoms with Crippen molar-refractivity contribution in [3.63, 3.8) is 0 Å². The molecule has 4 rings (SSSR count). The van der Waals surface area contributed by atoms with Crippen LogP contribution in [0.1, 0.15) is 94.1 Å². The van der Waals surface area contributed by atoms with Gasteiger partial charge in [0.2, 0.25) is 0 Å². The molecule has 3 atom stereocenters. The van der Waals surface area contributed by atoms with Crippen molar-refractivity contribution in [2.45, 2.75) is 90.4 Å². The number of rotatable bonds is 6. The lowest BCUT2D eigenvalue weighted by Crippen LogP contribution is -2.48. The summed E-state index contributed by atoms with van der Waals surface area (Å²) in [4.78, 5) is 13.3. The minimum Gasteiger partial charge on any atom is -0.487 e. The van der Waals surface area contributed by atoms with Crippen molar-refractivity contribution in [1.29, 1.82) is 0 Å². The van der Waals surface area contributed by atoms with Gasteiger partial charge in [-0.2, -0.15) is 0 Å². The highest BCUT2D eigenvalue weighted by molar-refractivity contribution is 5.96. The molecule has 2 heterocycles. The third-order valence-corrected chi connectivity index (χ3v) is 7.00. The average molecular weight is 429 g/mol. The second kappa shape index (κ2) is 8.16. The van der Waals surface area contributed by atoms with Gasteiger partial charge in [0.05, 0.1) is 0 Å². The van der Waals surface area contributed by atoms with E-state index in [1.54, 1.807) is 14.0 Å². The van der Waals surface area contributed by atoms with Crippen molar-refractivity contribution in [3.8, 4) is 11.5 Å². The summed E-state index contributed by atoms with van der Waals surface area (Å²) < 4.78 is 24.1. The summed E-state index contributed by atoms with van der Waals surface area (Å²) in [5.41, 5.74) is 3.62. The van der Waals surface area contributed by atoms with Crippen LogP contribution in [0.15, 0.2) is 17.7 Å². The summed E-state index contributed by atoms with van der Waals surface area (Å²) in [5, 5.41) is 0. The molecule has 1 aromatic carbocycles. The Morgan fingerprint density at radius 2 is 1.94 bits per heavy atom. The predicted octanol–water partition coefficient (Wildman–Crippen LogP) is 5.94. The molecule has 3 unspecified atom stereocenters. The lowest BCUT2D eigenvalue weighted by atomic mass is 9.67. The number of unbranched alkanes of at least 4 members (excludes halogenated alkanes) is 2. The fourth-order valence-electron chi connectivity index (χ4n) is 5.49. The van der Waals surface area contributed by atoms with Gasteiger partial charge in [-0.3, -0.25) is 0 Å². The van der Waals surface area contributed by atoms with Crippen LogP contribution >= 0.6 is 0 Å². The zero-order valence-corrected chi connectivity index (χ0v) is 19.8. The highest BCUT2D eigenvalue weighted by Gasteiger charge is 2.49. The number of methoxy groups -OCH3 is 1. The molecule has 170 valence electrons. The van der Waals surface area contributed by atoms with E-state index in [2.05, 4.69) is 39.8 Å². The van der Waals surface area contributed by atoms with Gasteiger partial charge in [0.15, 0.2) is 0 Å². The van der Waals surface area contributed by atoms with Crippen molar-refractivity contribution in [1.82, 2.24) is 0 Å². The Hall–Kier alpha value is -2.01. The Kier molecular flexibility index (Phi) is 5.84. The summed E-state index contributed by atoms with van der Waals surface area (Å²) in [5.74, 6) is 0.489. The molecule has 31 heavy (non-hydrogen) atoms. The number of carbonyl (C=O) groups excluding carboxylic acids is 1. The number of carbonyl (C=O) groups is 1. The monoisotopic (exact) mass is 428 g/mol. The number of ether oxygens (including phenoxy) is 4. The zero-order chi connectivity index (χ0) is 22.4. The molecule has 0 saturated carbocycles. The molecule has 5 nitrogen and oxygen atoms in total. The first-order valence-electron chi connectivity index (χ1n) is 11.7. The number of benzene rings is 1. The van der Waals surface area contributed by atoms with Gasteiger partial charge in [-0.15, -0.1) is 0 Å². The molecule has 2 aliphatic heterocycles. The van der Waals surface area contributed by atoms with E-state index in [1.165, 1.54) is 5.57 Å². The molecule has 0 aromatic heterocycles.